The fourth-order valence-corrected chi connectivity index (χ4v) is 2.75. The second kappa shape index (κ2) is 6.98. The number of guanidine groups is 1. The second-order valence-electron chi connectivity index (χ2n) is 6.07. The molecule has 0 aliphatic carbocycles. The van der Waals surface area contributed by atoms with Gasteiger partial charge in [-0.2, -0.15) is 0 Å². The van der Waals surface area contributed by atoms with E-state index in [4.69, 9.17) is 0 Å². The maximum absolute atomic E-state index is 12.3. The Morgan fingerprint density at radius 1 is 1.32 bits per heavy atom. The Hall–Kier alpha value is -1.79. The molecule has 2 heterocycles. The molecule has 0 aromatic rings. The summed E-state index contributed by atoms with van der Waals surface area (Å²) in [6.07, 6.45) is 3.78. The van der Waals surface area contributed by atoms with Crippen molar-refractivity contribution in [3.05, 3.63) is 0 Å². The summed E-state index contributed by atoms with van der Waals surface area (Å²) in [6.45, 7) is 7.11. The number of carbonyl (C=O) groups excluding carboxylic acids is 2. The van der Waals surface area contributed by atoms with Gasteiger partial charge in [0.1, 0.15) is 0 Å². The third-order valence-electron chi connectivity index (χ3n) is 4.35. The molecule has 7 nitrogen and oxygen atoms in total. The zero-order valence-electron chi connectivity index (χ0n) is 13.9. The number of aliphatic imine (C=N–C) groups is 1. The zero-order chi connectivity index (χ0) is 16.3. The molecule has 2 N–H and O–H groups in total. The molecule has 2 aliphatic heterocycles. The van der Waals surface area contributed by atoms with Crippen molar-refractivity contribution in [1.29, 1.82) is 0 Å². The van der Waals surface area contributed by atoms with E-state index in [-0.39, 0.29) is 18.0 Å². The van der Waals surface area contributed by atoms with Gasteiger partial charge in [-0.05, 0) is 19.8 Å². The van der Waals surface area contributed by atoms with Gasteiger partial charge in [0, 0.05) is 19.6 Å². The van der Waals surface area contributed by atoms with Crippen molar-refractivity contribution in [1.82, 2.24) is 20.4 Å². The first-order valence-corrected chi connectivity index (χ1v) is 8.18. The van der Waals surface area contributed by atoms with Gasteiger partial charge in [0.15, 0.2) is 18.2 Å². The summed E-state index contributed by atoms with van der Waals surface area (Å²) in [5, 5.41) is 5.79. The summed E-state index contributed by atoms with van der Waals surface area (Å²) in [7, 11) is 1.68. The van der Waals surface area contributed by atoms with Crippen molar-refractivity contribution in [3.63, 3.8) is 0 Å². The monoisotopic (exact) mass is 309 g/mol. The van der Waals surface area contributed by atoms with E-state index in [1.54, 1.807) is 7.05 Å². The number of amides is 3. The lowest BCUT2D eigenvalue weighted by Crippen LogP contribution is -2.64. The molecule has 2 aliphatic rings. The van der Waals surface area contributed by atoms with Crippen molar-refractivity contribution in [2.75, 3.05) is 13.6 Å². The van der Waals surface area contributed by atoms with Crippen molar-refractivity contribution in [3.8, 4) is 0 Å². The van der Waals surface area contributed by atoms with E-state index in [0.29, 0.717) is 0 Å². The van der Waals surface area contributed by atoms with Gasteiger partial charge in [-0.15, -0.1) is 0 Å². The normalized spacial score (nSPS) is 25.7. The van der Waals surface area contributed by atoms with Gasteiger partial charge in [-0.1, -0.05) is 26.7 Å². The second-order valence-corrected chi connectivity index (χ2v) is 6.07. The quantitative estimate of drug-likeness (QED) is 0.721. The smallest absolute Gasteiger partial charge is 0.325 e. The standard InChI is InChI=1S/C15H27N5O2/c1-5-7-8-9-20-11-12(17-14(20)16-10(3)6-2)19(4)15(22)18-13(11)21/h10-12H,5-9H2,1-4H3,(H,16,17)(H,18,21,22). The number of urea groups is 1. The minimum Gasteiger partial charge on any atom is -0.354 e. The van der Waals surface area contributed by atoms with Crippen molar-refractivity contribution in [2.24, 2.45) is 4.99 Å². The number of imide groups is 1. The van der Waals surface area contributed by atoms with Gasteiger partial charge in [0.25, 0.3) is 5.91 Å². The van der Waals surface area contributed by atoms with Crippen LogP contribution in [0, 0.1) is 0 Å². The molecule has 3 unspecified atom stereocenters. The van der Waals surface area contributed by atoms with E-state index < -0.39 is 12.2 Å². The Balaban J connectivity index is 2.20. The maximum atomic E-state index is 12.3. The average molecular weight is 309 g/mol. The fraction of sp³-hybridized carbons (Fsp3) is 0.800. The van der Waals surface area contributed by atoms with Gasteiger partial charge >= 0.3 is 6.03 Å². The first kappa shape index (κ1) is 16.6. The number of hydrogen-bond donors (Lipinski definition) is 2. The number of nitrogens with zero attached hydrogens (tertiary/aromatic N) is 3. The van der Waals surface area contributed by atoms with Crippen LogP contribution in [0.5, 0.6) is 0 Å². The molecule has 0 aromatic heterocycles. The number of hydrogen-bond acceptors (Lipinski definition) is 5. The van der Waals surface area contributed by atoms with E-state index in [1.165, 1.54) is 4.90 Å². The number of nitrogens with one attached hydrogen (secondary N) is 2. The lowest BCUT2D eigenvalue weighted by atomic mass is 10.1. The Kier molecular flexibility index (Phi) is 5.26. The lowest BCUT2D eigenvalue weighted by molar-refractivity contribution is -0.127. The van der Waals surface area contributed by atoms with E-state index in [9.17, 15) is 9.59 Å². The third kappa shape index (κ3) is 3.18. The molecule has 22 heavy (non-hydrogen) atoms. The molecule has 3 amide bonds. The highest BCUT2D eigenvalue weighted by Gasteiger charge is 2.48. The summed E-state index contributed by atoms with van der Waals surface area (Å²) in [5.74, 6) is 0.478. The molecule has 0 radical (unpaired) electrons. The van der Waals surface area contributed by atoms with Crippen molar-refractivity contribution < 1.29 is 9.59 Å². The van der Waals surface area contributed by atoms with E-state index >= 15 is 0 Å². The molecule has 7 heteroatoms. The molecular weight excluding hydrogens is 282 g/mol. The molecule has 0 spiro atoms. The lowest BCUT2D eigenvalue weighted by Gasteiger charge is -2.36. The number of likely N-dealkylation sites (N-methyl/N-ethyl adjacent to an activating group) is 1. The van der Waals surface area contributed by atoms with E-state index in [2.05, 4.69) is 36.4 Å². The molecule has 2 rings (SSSR count). The number of fused-ring (bicyclic) bond motifs is 1. The summed E-state index contributed by atoms with van der Waals surface area (Å²) < 4.78 is 0. The fourth-order valence-electron chi connectivity index (χ4n) is 2.75. The predicted octanol–water partition coefficient (Wildman–Crippen LogP) is 1.11. The topological polar surface area (TPSA) is 77.0 Å². The summed E-state index contributed by atoms with van der Waals surface area (Å²) in [4.78, 5) is 32.2. The predicted molar refractivity (Wildman–Crippen MR) is 85.4 cm³/mol. The van der Waals surface area contributed by atoms with Crippen LogP contribution >= 0.6 is 0 Å². The van der Waals surface area contributed by atoms with Crippen LogP contribution in [-0.4, -0.2) is 59.5 Å². The highest BCUT2D eigenvalue weighted by atomic mass is 16.2. The van der Waals surface area contributed by atoms with Crippen LogP contribution in [0.15, 0.2) is 4.99 Å². The molecular formula is C15H27N5O2. The molecule has 0 aromatic carbocycles. The molecule has 1 fully saturated rings. The summed E-state index contributed by atoms with van der Waals surface area (Å²) >= 11 is 0. The molecule has 1 saturated heterocycles. The minimum atomic E-state index is -0.436. The number of carbonyl (C=O) groups is 2. The Labute approximate surface area is 132 Å². The van der Waals surface area contributed by atoms with Gasteiger partial charge in [-0.25, -0.2) is 9.79 Å². The van der Waals surface area contributed by atoms with Crippen LogP contribution < -0.4 is 10.6 Å². The SMILES string of the molecule is CCCCCN1C(NC(C)CC)=NC2C1C(=O)NC(=O)N2C. The maximum Gasteiger partial charge on any atom is 0.325 e. The highest BCUT2D eigenvalue weighted by molar-refractivity contribution is 6.03. The average Bonchev–Trinajstić information content (AvgIpc) is 2.84. The number of rotatable bonds is 6. The van der Waals surface area contributed by atoms with Crippen LogP contribution in [0.25, 0.3) is 0 Å². The molecule has 0 bridgehead atoms. The first-order valence-electron chi connectivity index (χ1n) is 8.18. The summed E-state index contributed by atoms with van der Waals surface area (Å²) in [6, 6.07) is -0.531. The van der Waals surface area contributed by atoms with Crippen LogP contribution in [0.1, 0.15) is 46.5 Å². The van der Waals surface area contributed by atoms with Crippen LogP contribution in [0.2, 0.25) is 0 Å². The Bertz CT molecular complexity index is 465. The third-order valence-corrected chi connectivity index (χ3v) is 4.35. The van der Waals surface area contributed by atoms with Crippen LogP contribution in [0.3, 0.4) is 0 Å². The number of unbranched alkanes of at least 4 members (excludes halogenated alkanes) is 2. The van der Waals surface area contributed by atoms with Gasteiger partial charge in [0.05, 0.1) is 0 Å². The molecule has 124 valence electrons. The first-order chi connectivity index (χ1) is 10.5. The molecule has 3 atom stereocenters. The van der Waals surface area contributed by atoms with Gasteiger partial charge in [0.2, 0.25) is 0 Å². The van der Waals surface area contributed by atoms with Crippen molar-refractivity contribution >= 4 is 17.9 Å². The van der Waals surface area contributed by atoms with E-state index in [1.807, 2.05) is 4.90 Å². The van der Waals surface area contributed by atoms with Gasteiger partial charge in [-0.3, -0.25) is 10.1 Å². The van der Waals surface area contributed by atoms with E-state index in [0.717, 1.165) is 38.2 Å². The highest BCUT2D eigenvalue weighted by Crippen LogP contribution is 2.24. The van der Waals surface area contributed by atoms with Crippen LogP contribution in [0.4, 0.5) is 4.79 Å². The van der Waals surface area contributed by atoms with Gasteiger partial charge < -0.3 is 15.1 Å². The molecule has 0 saturated carbocycles. The summed E-state index contributed by atoms with van der Waals surface area (Å²) in [5.41, 5.74) is 0. The Morgan fingerprint density at radius 2 is 2.05 bits per heavy atom. The van der Waals surface area contributed by atoms with Crippen LogP contribution in [-0.2, 0) is 4.79 Å². The van der Waals surface area contributed by atoms with Crippen molar-refractivity contribution in [2.45, 2.75) is 64.7 Å². The Morgan fingerprint density at radius 3 is 2.68 bits per heavy atom. The zero-order valence-corrected chi connectivity index (χ0v) is 13.9. The minimum absolute atomic E-state index is 0.255. The largest absolute Gasteiger partial charge is 0.354 e.